The molecule has 0 saturated carbocycles. The molecule has 5 heteroatoms. The van der Waals surface area contributed by atoms with Gasteiger partial charge in [0.2, 0.25) is 0 Å². The predicted octanol–water partition coefficient (Wildman–Crippen LogP) is 9.68. The van der Waals surface area contributed by atoms with Crippen LogP contribution in [0.1, 0.15) is 80.5 Å². The molecular formula is C40H47Cl3SiTi. The van der Waals surface area contributed by atoms with Crippen molar-refractivity contribution in [2.24, 2.45) is 0 Å². The Labute approximate surface area is 291 Å². The number of hydrogen-bond acceptors (Lipinski definition) is 0. The van der Waals surface area contributed by atoms with Crippen molar-refractivity contribution in [3.05, 3.63) is 124 Å². The van der Waals surface area contributed by atoms with E-state index in [1.807, 2.05) is 0 Å². The molecule has 5 aromatic carbocycles. The van der Waals surface area contributed by atoms with E-state index in [2.05, 4.69) is 133 Å². The van der Waals surface area contributed by atoms with Crippen LogP contribution in [0.3, 0.4) is 0 Å². The summed E-state index contributed by atoms with van der Waals surface area (Å²) in [5.74, 6) is 0. The van der Waals surface area contributed by atoms with Gasteiger partial charge in [-0.1, -0.05) is 125 Å². The molecule has 0 aromatic heterocycles. The molecule has 0 spiro atoms. The molecule has 0 N–H and O–H groups in total. The third kappa shape index (κ3) is 7.89. The van der Waals surface area contributed by atoms with E-state index in [-0.39, 0.29) is 0 Å². The molecule has 5 aromatic rings. The van der Waals surface area contributed by atoms with Gasteiger partial charge in [-0.25, -0.2) is 0 Å². The summed E-state index contributed by atoms with van der Waals surface area (Å²) in [5.41, 5.74) is 10.1. The predicted molar refractivity (Wildman–Crippen MR) is 202 cm³/mol. The minimum absolute atomic E-state index is 1.05. The molecular weight excluding hydrogens is 663 g/mol. The molecule has 0 amide bonds. The summed E-state index contributed by atoms with van der Waals surface area (Å²) in [4.78, 5) is 0. The zero-order chi connectivity index (χ0) is 32.7. The zero-order valence-electron chi connectivity index (χ0n) is 28.0. The van der Waals surface area contributed by atoms with E-state index < -0.39 is 22.8 Å². The van der Waals surface area contributed by atoms with Crippen LogP contribution >= 0.6 is 27.9 Å². The van der Waals surface area contributed by atoms with Gasteiger partial charge >= 0.3 is 42.6 Å². The Hall–Kier alpha value is -1.71. The van der Waals surface area contributed by atoms with E-state index in [4.69, 9.17) is 27.9 Å². The SMILES string of the molecule is CCc1cc(CC)cc([Si](c2cc(CC)cc(CC)c2)(c2cc(CC)cc(CC)c2)[c-]2c(C)cc3ccccc32)c1.[Cl][Ti+]([Cl])[Cl]. The normalized spacial score (nSPS) is 11.4. The number of hydrogen-bond donors (Lipinski definition) is 0. The van der Waals surface area contributed by atoms with Crippen molar-refractivity contribution in [3.63, 3.8) is 0 Å². The summed E-state index contributed by atoms with van der Waals surface area (Å²) < 4.78 is 0. The van der Waals surface area contributed by atoms with Gasteiger partial charge in [-0.15, -0.1) is 39.7 Å². The van der Waals surface area contributed by atoms with Gasteiger partial charge in [0, 0.05) is 0 Å². The molecule has 0 fully saturated rings. The third-order valence-corrected chi connectivity index (χ3v) is 14.2. The van der Waals surface area contributed by atoms with E-state index in [1.165, 1.54) is 49.7 Å². The van der Waals surface area contributed by atoms with Crippen molar-refractivity contribution in [1.29, 1.82) is 0 Å². The average molecular weight is 710 g/mol. The van der Waals surface area contributed by atoms with Crippen LogP contribution in [-0.4, -0.2) is 8.07 Å². The van der Waals surface area contributed by atoms with Crippen LogP contribution in [0, 0.1) is 6.92 Å². The first kappa shape index (κ1) is 36.1. The summed E-state index contributed by atoms with van der Waals surface area (Å²) in [6.07, 6.45) is 6.31. The summed E-state index contributed by atoms with van der Waals surface area (Å²) >= 11 is -1.92. The number of halogens is 3. The van der Waals surface area contributed by atoms with Crippen LogP contribution in [0.2, 0.25) is 0 Å². The van der Waals surface area contributed by atoms with Crippen LogP contribution in [0.4, 0.5) is 0 Å². The quantitative estimate of drug-likeness (QED) is 0.0770. The van der Waals surface area contributed by atoms with E-state index in [1.54, 1.807) is 20.7 Å². The van der Waals surface area contributed by atoms with E-state index >= 15 is 0 Å². The van der Waals surface area contributed by atoms with Crippen molar-refractivity contribution in [3.8, 4) is 0 Å². The molecule has 0 aliphatic carbocycles. The molecule has 0 nitrogen and oxygen atoms in total. The number of fused-ring (bicyclic) bond motifs is 1. The number of benzene rings is 4. The van der Waals surface area contributed by atoms with Gasteiger partial charge in [-0.3, -0.25) is 0 Å². The Kier molecular flexibility index (Phi) is 13.2. The van der Waals surface area contributed by atoms with Crippen LogP contribution < -0.4 is 20.7 Å². The Morgan fingerprint density at radius 1 is 0.511 bits per heavy atom. The van der Waals surface area contributed by atoms with Gasteiger partial charge in [0.05, 0.1) is 0 Å². The van der Waals surface area contributed by atoms with Crippen molar-refractivity contribution in [2.75, 3.05) is 0 Å². The molecule has 0 aliphatic heterocycles. The second kappa shape index (κ2) is 16.4. The van der Waals surface area contributed by atoms with Crippen molar-refractivity contribution < 1.29 is 14.7 Å². The van der Waals surface area contributed by atoms with Gasteiger partial charge in [-0.05, 0) is 71.9 Å². The van der Waals surface area contributed by atoms with Crippen LogP contribution in [-0.2, 0) is 53.2 Å². The summed E-state index contributed by atoms with van der Waals surface area (Å²) in [6.45, 7) is 16.2. The summed E-state index contributed by atoms with van der Waals surface area (Å²) in [6, 6.07) is 34.4. The van der Waals surface area contributed by atoms with E-state index in [9.17, 15) is 0 Å². The van der Waals surface area contributed by atoms with Gasteiger partial charge in [0.1, 0.15) is 8.07 Å². The molecule has 236 valence electrons. The number of rotatable bonds is 10. The second-order valence-electron chi connectivity index (χ2n) is 12.0. The Bertz CT molecular complexity index is 1530. The fourth-order valence-corrected chi connectivity index (χ4v) is 12.5. The molecule has 0 radical (unpaired) electrons. The van der Waals surface area contributed by atoms with Gasteiger partial charge in [-0.2, -0.15) is 6.07 Å². The zero-order valence-corrected chi connectivity index (χ0v) is 32.8. The average Bonchev–Trinajstić information content (AvgIpc) is 3.40. The molecule has 45 heavy (non-hydrogen) atoms. The van der Waals surface area contributed by atoms with E-state index in [0.29, 0.717) is 0 Å². The van der Waals surface area contributed by atoms with Crippen LogP contribution in [0.5, 0.6) is 0 Å². The first-order valence-electron chi connectivity index (χ1n) is 16.5. The fourth-order valence-electron chi connectivity index (χ4n) is 6.96. The van der Waals surface area contributed by atoms with Crippen molar-refractivity contribution >= 4 is 67.5 Å². The van der Waals surface area contributed by atoms with Crippen molar-refractivity contribution in [2.45, 2.75) is 87.0 Å². The fraction of sp³-hybridized carbons (Fsp3) is 0.325. The van der Waals surface area contributed by atoms with E-state index in [0.717, 1.165) is 38.5 Å². The number of aryl methyl sites for hydroxylation is 7. The first-order valence-corrected chi connectivity index (χ1v) is 25.0. The standard InChI is InChI=1S/C40H47Si.3ClH.Ti/c1-8-29-19-30(9-2)23-36(22-29)41(37-24-31(10-3)20-32(11-4)25-37,38-26-33(12-5)21-34(13-6)27-38)40-28(7)18-35-16-14-15-17-39(35)40;;;;/h14-27H,8-13H2,1-7H3;3*1H;/q-1;;;;+4/p-3. The molecule has 0 saturated heterocycles. The monoisotopic (exact) mass is 708 g/mol. The molecule has 0 bridgehead atoms. The first-order chi connectivity index (χ1) is 21.6. The van der Waals surface area contributed by atoms with Gasteiger partial charge < -0.3 is 0 Å². The molecule has 0 unspecified atom stereocenters. The maximum absolute atomic E-state index is 4.97. The molecule has 5 rings (SSSR count). The van der Waals surface area contributed by atoms with Crippen LogP contribution in [0.25, 0.3) is 10.8 Å². The Morgan fingerprint density at radius 3 is 1.13 bits per heavy atom. The summed E-state index contributed by atoms with van der Waals surface area (Å²) in [5, 5.41) is 8.99. The van der Waals surface area contributed by atoms with Crippen molar-refractivity contribution in [1.82, 2.24) is 0 Å². The molecule has 0 aliphatic rings. The molecule has 0 atom stereocenters. The molecule has 0 heterocycles. The van der Waals surface area contributed by atoms with Gasteiger partial charge in [0.25, 0.3) is 0 Å². The topological polar surface area (TPSA) is 0 Å². The third-order valence-electron chi connectivity index (χ3n) is 9.28. The Morgan fingerprint density at radius 2 is 0.822 bits per heavy atom. The van der Waals surface area contributed by atoms with Gasteiger partial charge in [0.15, 0.2) is 0 Å². The minimum atomic E-state index is -2.74. The second-order valence-corrected chi connectivity index (χ2v) is 23.5. The Balaban J connectivity index is 0.00000109. The van der Waals surface area contributed by atoms with Crippen LogP contribution in [0.15, 0.2) is 84.9 Å². The maximum atomic E-state index is 4.97. The summed E-state index contributed by atoms with van der Waals surface area (Å²) in [7, 11) is 12.2.